The summed E-state index contributed by atoms with van der Waals surface area (Å²) >= 11 is 3.83. The van der Waals surface area contributed by atoms with E-state index in [1.165, 1.54) is 183 Å². The molecule has 4 heterocycles. The van der Waals surface area contributed by atoms with Crippen molar-refractivity contribution in [2.75, 3.05) is 0 Å². The summed E-state index contributed by atoms with van der Waals surface area (Å²) in [5.41, 5.74) is 14.5. The van der Waals surface area contributed by atoms with Gasteiger partial charge in [-0.15, -0.1) is 22.7 Å². The lowest BCUT2D eigenvalue weighted by atomic mass is 9.90. The van der Waals surface area contributed by atoms with Gasteiger partial charge in [-0.25, -0.2) is 0 Å². The Hall–Kier alpha value is -10.4. The molecule has 0 amide bonds. The Morgan fingerprint density at radius 1 is 0.226 bits per heavy atom. The number of hydrogen-bond donors (Lipinski definition) is 0. The zero-order valence-electron chi connectivity index (χ0n) is 45.3. The zero-order valence-corrected chi connectivity index (χ0v) is 46.9. The first-order valence-electron chi connectivity index (χ1n) is 28.9. The van der Waals surface area contributed by atoms with E-state index in [1.54, 1.807) is 0 Å². The average molecular weight is 1100 g/mol. The highest BCUT2D eigenvalue weighted by Crippen LogP contribution is 2.51. The van der Waals surface area contributed by atoms with E-state index in [0.29, 0.717) is 0 Å². The molecule has 4 heteroatoms. The van der Waals surface area contributed by atoms with Crippen LogP contribution >= 0.6 is 22.7 Å². The van der Waals surface area contributed by atoms with Crippen LogP contribution in [0.5, 0.6) is 0 Å². The molecular formula is C80H46N2S2. The monoisotopic (exact) mass is 1100 g/mol. The first-order chi connectivity index (χ1) is 41.7. The minimum absolute atomic E-state index is 1.17. The minimum Gasteiger partial charge on any atom is -0.308 e. The van der Waals surface area contributed by atoms with E-state index in [9.17, 15) is 0 Å². The van der Waals surface area contributed by atoms with E-state index in [1.807, 2.05) is 22.7 Å². The number of fused-ring (bicyclic) bond motifs is 23. The molecule has 84 heavy (non-hydrogen) atoms. The molecule has 19 aromatic rings. The van der Waals surface area contributed by atoms with E-state index < -0.39 is 0 Å². The van der Waals surface area contributed by atoms with Crippen LogP contribution in [0, 0.1) is 0 Å². The Labute approximate surface area is 490 Å². The van der Waals surface area contributed by atoms with Crippen LogP contribution in [-0.2, 0) is 0 Å². The van der Waals surface area contributed by atoms with Crippen LogP contribution in [-0.4, -0.2) is 9.13 Å². The van der Waals surface area contributed by atoms with Crippen LogP contribution in [0.1, 0.15) is 0 Å². The van der Waals surface area contributed by atoms with E-state index in [4.69, 9.17) is 0 Å². The standard InChI is InChI=1S/C80H46N2S2/c1-3-17-51-43-55(37-33-47(51)15-1)81-69-41-35-53(45-67(69)73-61-21-7-9-23-63(61)75-65-25-11-13-27-71(65)83-79(75)77(73)81)49-29-31-50(32-30-49)57-39-40-58(60-20-6-5-19-59(57)60)54-36-42-70-68(46-54)74-62-22-8-10-24-64(62)76-66-26-12-14-28-72(66)84-80(76)78(74)82(70)56-38-34-48-16-2-4-18-52(48)44-56/h1-46H. The molecular weight excluding hydrogens is 1050 g/mol. The molecule has 0 saturated heterocycles. The lowest BCUT2D eigenvalue weighted by molar-refractivity contribution is 1.19. The molecule has 0 radical (unpaired) electrons. The van der Waals surface area contributed by atoms with Gasteiger partial charge in [0.05, 0.1) is 31.5 Å². The predicted octanol–water partition coefficient (Wildman–Crippen LogP) is 23.4. The fourth-order valence-corrected chi connectivity index (χ4v) is 17.0. The number of thiophene rings is 2. The summed E-state index contributed by atoms with van der Waals surface area (Å²) in [5, 5.41) is 23.0. The number of hydrogen-bond acceptors (Lipinski definition) is 2. The SMILES string of the molecule is c1ccc2cc(-n3c4ccc(-c5ccc(-c6ccc(-c7ccc8c(c7)c7c9ccccc9c9c%10ccccc%10sc9c7n8-c7ccc8ccccc8c7)c7ccccc67)cc5)cc4c4c5ccccc5c5c6ccccc6sc5c43)ccc2c1. The second-order valence-electron chi connectivity index (χ2n) is 22.6. The lowest BCUT2D eigenvalue weighted by Crippen LogP contribution is -1.94. The Morgan fingerprint density at radius 2 is 0.595 bits per heavy atom. The fourth-order valence-electron chi connectivity index (χ4n) is 14.5. The van der Waals surface area contributed by atoms with E-state index in [0.717, 1.165) is 0 Å². The normalized spacial score (nSPS) is 12.3. The van der Waals surface area contributed by atoms with Gasteiger partial charge in [0.25, 0.3) is 0 Å². The van der Waals surface area contributed by atoms with Gasteiger partial charge in [0, 0.05) is 63.9 Å². The van der Waals surface area contributed by atoms with Crippen LogP contribution in [0.15, 0.2) is 279 Å². The second kappa shape index (κ2) is 17.6. The van der Waals surface area contributed by atoms with Gasteiger partial charge in [-0.3, -0.25) is 0 Å². The Balaban J connectivity index is 0.765. The number of nitrogens with zero attached hydrogens (tertiary/aromatic N) is 2. The molecule has 0 aliphatic heterocycles. The topological polar surface area (TPSA) is 9.86 Å². The highest BCUT2D eigenvalue weighted by atomic mass is 32.1. The molecule has 388 valence electrons. The average Bonchev–Trinajstić information content (AvgIpc) is 2.80. The molecule has 0 spiro atoms. The maximum absolute atomic E-state index is 2.55. The van der Waals surface area contributed by atoms with Crippen LogP contribution in [0.25, 0.3) is 183 Å². The predicted molar refractivity (Wildman–Crippen MR) is 365 cm³/mol. The largest absolute Gasteiger partial charge is 0.308 e. The van der Waals surface area contributed by atoms with E-state index in [2.05, 4.69) is 288 Å². The van der Waals surface area contributed by atoms with Crippen LogP contribution in [0.2, 0.25) is 0 Å². The van der Waals surface area contributed by atoms with Gasteiger partial charge in [-0.1, -0.05) is 218 Å². The van der Waals surface area contributed by atoms with Crippen LogP contribution in [0.3, 0.4) is 0 Å². The highest BCUT2D eigenvalue weighted by molar-refractivity contribution is 7.27. The summed E-state index contributed by atoms with van der Waals surface area (Å²) in [4.78, 5) is 0. The quantitative estimate of drug-likeness (QED) is 0.163. The molecule has 0 saturated carbocycles. The number of rotatable bonds is 5. The molecule has 2 nitrogen and oxygen atoms in total. The molecule has 4 aromatic heterocycles. The van der Waals surface area contributed by atoms with Gasteiger partial charge < -0.3 is 9.13 Å². The molecule has 0 aliphatic rings. The van der Waals surface area contributed by atoms with Gasteiger partial charge in [-0.2, -0.15) is 0 Å². The van der Waals surface area contributed by atoms with Gasteiger partial charge >= 0.3 is 0 Å². The van der Waals surface area contributed by atoms with Gasteiger partial charge in [-0.05, 0) is 148 Å². The van der Waals surface area contributed by atoms with Crippen molar-refractivity contribution in [2.24, 2.45) is 0 Å². The summed E-state index contributed by atoms with van der Waals surface area (Å²) in [5.74, 6) is 0. The van der Waals surface area contributed by atoms with Crippen LogP contribution < -0.4 is 0 Å². The van der Waals surface area contributed by atoms with Crippen molar-refractivity contribution in [3.8, 4) is 44.8 Å². The van der Waals surface area contributed by atoms with E-state index in [-0.39, 0.29) is 0 Å². The number of benzene rings is 15. The second-order valence-corrected chi connectivity index (χ2v) is 24.7. The zero-order chi connectivity index (χ0) is 54.7. The molecule has 0 bridgehead atoms. The van der Waals surface area contributed by atoms with Gasteiger partial charge in [0.15, 0.2) is 0 Å². The van der Waals surface area contributed by atoms with Crippen molar-refractivity contribution in [3.05, 3.63) is 279 Å². The first-order valence-corrected chi connectivity index (χ1v) is 30.5. The molecule has 0 atom stereocenters. The van der Waals surface area contributed by atoms with Gasteiger partial charge in [0.1, 0.15) is 0 Å². The Morgan fingerprint density at radius 3 is 1.10 bits per heavy atom. The smallest absolute Gasteiger partial charge is 0.0726 e. The lowest BCUT2D eigenvalue weighted by Gasteiger charge is -2.14. The Bertz CT molecular complexity index is 6050. The minimum atomic E-state index is 1.17. The van der Waals surface area contributed by atoms with Gasteiger partial charge in [0.2, 0.25) is 0 Å². The first kappa shape index (κ1) is 46.3. The van der Waals surface area contributed by atoms with Crippen molar-refractivity contribution < 1.29 is 0 Å². The molecule has 0 unspecified atom stereocenters. The maximum atomic E-state index is 2.55. The molecule has 0 aliphatic carbocycles. The summed E-state index contributed by atoms with van der Waals surface area (Å²) in [6, 6.07) is 105. The summed E-state index contributed by atoms with van der Waals surface area (Å²) < 4.78 is 10.4. The van der Waals surface area contributed by atoms with Crippen molar-refractivity contribution in [2.45, 2.75) is 0 Å². The fraction of sp³-hybridized carbons (Fsp3) is 0. The molecule has 0 fully saturated rings. The van der Waals surface area contributed by atoms with Crippen molar-refractivity contribution in [1.29, 1.82) is 0 Å². The molecule has 0 N–H and O–H groups in total. The third-order valence-corrected chi connectivity index (χ3v) is 20.6. The summed E-state index contributed by atoms with van der Waals surface area (Å²) in [7, 11) is 0. The highest BCUT2D eigenvalue weighted by Gasteiger charge is 2.25. The van der Waals surface area contributed by atoms with E-state index >= 15 is 0 Å². The third-order valence-electron chi connectivity index (χ3n) is 18.2. The van der Waals surface area contributed by atoms with Crippen molar-refractivity contribution >= 4 is 160 Å². The third kappa shape index (κ3) is 6.55. The molecule has 15 aromatic carbocycles. The summed E-state index contributed by atoms with van der Waals surface area (Å²) in [6.45, 7) is 0. The van der Waals surface area contributed by atoms with Crippen LogP contribution in [0.4, 0.5) is 0 Å². The molecule has 19 rings (SSSR count). The van der Waals surface area contributed by atoms with Crippen molar-refractivity contribution in [3.63, 3.8) is 0 Å². The number of aromatic nitrogens is 2. The summed E-state index contributed by atoms with van der Waals surface area (Å²) in [6.07, 6.45) is 0. The maximum Gasteiger partial charge on any atom is 0.0726 e. The Kier molecular flexibility index (Phi) is 9.68. The van der Waals surface area contributed by atoms with Crippen molar-refractivity contribution in [1.82, 2.24) is 9.13 Å².